The van der Waals surface area contributed by atoms with Crippen LogP contribution in [0.2, 0.25) is 0 Å². The molecule has 0 aliphatic carbocycles. The van der Waals surface area contributed by atoms with Crippen LogP contribution in [0.15, 0.2) is 24.3 Å². The molecule has 3 rings (SSSR count). The molecular formula is C21H31FN4O2. The maximum atomic E-state index is 12.9. The number of amides is 2. The second kappa shape index (κ2) is 9.98. The predicted molar refractivity (Wildman–Crippen MR) is 108 cm³/mol. The van der Waals surface area contributed by atoms with Crippen LogP contribution in [0, 0.1) is 5.82 Å². The van der Waals surface area contributed by atoms with E-state index < -0.39 is 0 Å². The minimum atomic E-state index is -0.321. The summed E-state index contributed by atoms with van der Waals surface area (Å²) in [6.45, 7) is 6.95. The lowest BCUT2D eigenvalue weighted by molar-refractivity contribution is -0.136. The molecule has 1 N–H and O–H groups in total. The van der Waals surface area contributed by atoms with Crippen molar-refractivity contribution >= 4 is 17.5 Å². The largest absolute Gasteiger partial charge is 0.339 e. The monoisotopic (exact) mass is 390 g/mol. The van der Waals surface area contributed by atoms with E-state index in [0.29, 0.717) is 24.8 Å². The van der Waals surface area contributed by atoms with Crippen LogP contribution < -0.4 is 5.32 Å². The van der Waals surface area contributed by atoms with Crippen LogP contribution in [0.1, 0.15) is 32.6 Å². The molecule has 2 fully saturated rings. The van der Waals surface area contributed by atoms with E-state index in [0.717, 1.165) is 52.0 Å². The third kappa shape index (κ3) is 5.75. The van der Waals surface area contributed by atoms with Crippen LogP contribution in [0.3, 0.4) is 0 Å². The number of likely N-dealkylation sites (tertiary alicyclic amines) is 1. The summed E-state index contributed by atoms with van der Waals surface area (Å²) in [7, 11) is 0. The molecule has 0 radical (unpaired) electrons. The van der Waals surface area contributed by atoms with Crippen molar-refractivity contribution in [3.63, 3.8) is 0 Å². The minimum Gasteiger partial charge on any atom is -0.339 e. The lowest BCUT2D eigenvalue weighted by atomic mass is 10.00. The summed E-state index contributed by atoms with van der Waals surface area (Å²) in [4.78, 5) is 31.2. The Morgan fingerprint density at radius 2 is 1.64 bits per heavy atom. The number of hydrogen-bond acceptors (Lipinski definition) is 4. The number of carbonyl (C=O) groups excluding carboxylic acids is 2. The van der Waals surface area contributed by atoms with Crippen molar-refractivity contribution in [1.82, 2.24) is 14.7 Å². The first kappa shape index (κ1) is 20.7. The summed E-state index contributed by atoms with van der Waals surface area (Å²) in [6.07, 6.45) is 4.49. The average Bonchev–Trinajstić information content (AvgIpc) is 2.71. The first-order valence-corrected chi connectivity index (χ1v) is 10.3. The molecule has 0 spiro atoms. The Morgan fingerprint density at radius 1 is 1.00 bits per heavy atom. The van der Waals surface area contributed by atoms with Gasteiger partial charge in [-0.05, 0) is 49.9 Å². The van der Waals surface area contributed by atoms with Crippen LogP contribution in [0.4, 0.5) is 10.1 Å². The maximum absolute atomic E-state index is 12.9. The highest BCUT2D eigenvalue weighted by molar-refractivity contribution is 5.92. The molecule has 28 heavy (non-hydrogen) atoms. The Balaban J connectivity index is 1.39. The van der Waals surface area contributed by atoms with E-state index in [2.05, 4.69) is 26.9 Å². The van der Waals surface area contributed by atoms with Crippen LogP contribution in [0.5, 0.6) is 0 Å². The molecule has 7 heteroatoms. The van der Waals surface area contributed by atoms with E-state index in [1.807, 2.05) is 0 Å². The average molecular weight is 391 g/mol. The fourth-order valence-electron chi connectivity index (χ4n) is 4.08. The number of halogens is 1. The summed E-state index contributed by atoms with van der Waals surface area (Å²) in [5, 5.41) is 2.79. The number of piperidine rings is 1. The Kier molecular flexibility index (Phi) is 7.39. The SMILES string of the molecule is CC[C@H]1CCCCN1C(=O)CN1CCN(CC(=O)Nc2ccc(F)cc2)CC1. The molecule has 0 unspecified atom stereocenters. The lowest BCUT2D eigenvalue weighted by Crippen LogP contribution is -2.53. The highest BCUT2D eigenvalue weighted by atomic mass is 19.1. The number of piperazine rings is 1. The number of nitrogens with one attached hydrogen (secondary N) is 1. The van der Waals surface area contributed by atoms with Gasteiger partial charge in [-0.15, -0.1) is 0 Å². The predicted octanol–water partition coefficient (Wildman–Crippen LogP) is 2.17. The van der Waals surface area contributed by atoms with Gasteiger partial charge >= 0.3 is 0 Å². The second-order valence-electron chi connectivity index (χ2n) is 7.75. The summed E-state index contributed by atoms with van der Waals surface area (Å²) in [5.74, 6) is -0.178. The fraction of sp³-hybridized carbons (Fsp3) is 0.619. The standard InChI is InChI=1S/C21H31FN4O2/c1-2-19-5-3-4-10-26(19)21(28)16-25-13-11-24(12-14-25)15-20(27)23-18-8-6-17(22)7-9-18/h6-9,19H,2-5,10-16H2,1H3,(H,23,27)/t19-/m0/s1. The summed E-state index contributed by atoms with van der Waals surface area (Å²) in [5.41, 5.74) is 0.600. The first-order valence-electron chi connectivity index (χ1n) is 10.3. The number of nitrogens with zero attached hydrogens (tertiary/aromatic N) is 3. The Hall–Kier alpha value is -1.99. The van der Waals surface area contributed by atoms with Gasteiger partial charge in [0.15, 0.2) is 0 Å². The van der Waals surface area contributed by atoms with E-state index in [1.165, 1.54) is 18.6 Å². The molecule has 2 heterocycles. The normalized spacial score (nSPS) is 21.5. The molecule has 154 valence electrons. The molecule has 0 aromatic heterocycles. The Labute approximate surface area is 166 Å². The van der Waals surface area contributed by atoms with Crippen molar-refractivity contribution in [3.8, 4) is 0 Å². The zero-order chi connectivity index (χ0) is 19.9. The van der Waals surface area contributed by atoms with E-state index in [-0.39, 0.29) is 17.6 Å². The molecule has 0 saturated carbocycles. The molecule has 1 aromatic rings. The van der Waals surface area contributed by atoms with Crippen molar-refractivity contribution in [2.75, 3.05) is 51.1 Å². The van der Waals surface area contributed by atoms with E-state index >= 15 is 0 Å². The maximum Gasteiger partial charge on any atom is 0.238 e. The van der Waals surface area contributed by atoms with Crippen molar-refractivity contribution < 1.29 is 14.0 Å². The van der Waals surface area contributed by atoms with Crippen molar-refractivity contribution in [2.24, 2.45) is 0 Å². The third-order valence-electron chi connectivity index (χ3n) is 5.74. The first-order chi connectivity index (χ1) is 13.5. The molecule has 2 aliphatic heterocycles. The van der Waals surface area contributed by atoms with E-state index in [9.17, 15) is 14.0 Å². The van der Waals surface area contributed by atoms with Gasteiger partial charge in [0.2, 0.25) is 11.8 Å². The molecule has 2 aliphatic rings. The zero-order valence-corrected chi connectivity index (χ0v) is 16.7. The minimum absolute atomic E-state index is 0.102. The van der Waals surface area contributed by atoms with E-state index in [4.69, 9.17) is 0 Å². The van der Waals surface area contributed by atoms with Gasteiger partial charge < -0.3 is 10.2 Å². The van der Waals surface area contributed by atoms with Gasteiger partial charge in [0.25, 0.3) is 0 Å². The highest BCUT2D eigenvalue weighted by Gasteiger charge is 2.27. The fourth-order valence-corrected chi connectivity index (χ4v) is 4.08. The second-order valence-corrected chi connectivity index (χ2v) is 7.75. The van der Waals surface area contributed by atoms with Gasteiger partial charge in [-0.3, -0.25) is 19.4 Å². The van der Waals surface area contributed by atoms with Gasteiger partial charge in [0.1, 0.15) is 5.82 Å². The number of rotatable bonds is 6. The van der Waals surface area contributed by atoms with Crippen molar-refractivity contribution in [3.05, 3.63) is 30.1 Å². The summed E-state index contributed by atoms with van der Waals surface area (Å²) < 4.78 is 12.9. The van der Waals surface area contributed by atoms with Crippen LogP contribution in [-0.4, -0.2) is 78.4 Å². The smallest absolute Gasteiger partial charge is 0.238 e. The molecule has 6 nitrogen and oxygen atoms in total. The van der Waals surface area contributed by atoms with Crippen LogP contribution in [-0.2, 0) is 9.59 Å². The van der Waals surface area contributed by atoms with Crippen LogP contribution in [0.25, 0.3) is 0 Å². The molecule has 1 aromatic carbocycles. The van der Waals surface area contributed by atoms with Gasteiger partial charge in [0.05, 0.1) is 13.1 Å². The number of hydrogen-bond donors (Lipinski definition) is 1. The number of benzene rings is 1. The lowest BCUT2D eigenvalue weighted by Gasteiger charge is -2.38. The topological polar surface area (TPSA) is 55.9 Å². The number of carbonyl (C=O) groups is 2. The summed E-state index contributed by atoms with van der Waals surface area (Å²) >= 11 is 0. The molecule has 2 saturated heterocycles. The summed E-state index contributed by atoms with van der Waals surface area (Å²) in [6, 6.07) is 6.17. The Bertz CT molecular complexity index is 659. The zero-order valence-electron chi connectivity index (χ0n) is 16.7. The molecule has 0 bridgehead atoms. The molecule has 1 atom stereocenters. The molecular weight excluding hydrogens is 359 g/mol. The van der Waals surface area contributed by atoms with Gasteiger partial charge in [-0.1, -0.05) is 6.92 Å². The quantitative estimate of drug-likeness (QED) is 0.809. The van der Waals surface area contributed by atoms with E-state index in [1.54, 1.807) is 12.1 Å². The van der Waals surface area contributed by atoms with Gasteiger partial charge in [-0.25, -0.2) is 4.39 Å². The Morgan fingerprint density at radius 3 is 2.29 bits per heavy atom. The number of anilines is 1. The van der Waals surface area contributed by atoms with Gasteiger partial charge in [0, 0.05) is 44.5 Å². The third-order valence-corrected chi connectivity index (χ3v) is 5.74. The van der Waals surface area contributed by atoms with Crippen LogP contribution >= 0.6 is 0 Å². The van der Waals surface area contributed by atoms with Crippen molar-refractivity contribution in [2.45, 2.75) is 38.6 Å². The van der Waals surface area contributed by atoms with Gasteiger partial charge in [-0.2, -0.15) is 0 Å². The highest BCUT2D eigenvalue weighted by Crippen LogP contribution is 2.20. The molecule has 2 amide bonds. The van der Waals surface area contributed by atoms with Crippen molar-refractivity contribution in [1.29, 1.82) is 0 Å².